The maximum Gasteiger partial charge on any atom is 0.323 e. The Labute approximate surface area is 99.1 Å². The lowest BCUT2D eigenvalue weighted by Crippen LogP contribution is -2.40. The van der Waals surface area contributed by atoms with Crippen LogP contribution >= 0.6 is 0 Å². The van der Waals surface area contributed by atoms with Crippen molar-refractivity contribution < 1.29 is 9.53 Å². The Morgan fingerprint density at radius 3 is 2.62 bits per heavy atom. The number of carbonyl (C=O) groups excluding carboxylic acids is 1. The topological polar surface area (TPSA) is 29.5 Å². The molecule has 1 unspecified atom stereocenters. The number of ether oxygens (including phenoxy) is 1. The average molecular weight is 227 g/mol. The van der Waals surface area contributed by atoms with Gasteiger partial charge in [-0.1, -0.05) is 26.7 Å². The second-order valence-corrected chi connectivity index (χ2v) is 4.59. The Morgan fingerprint density at radius 1 is 1.38 bits per heavy atom. The summed E-state index contributed by atoms with van der Waals surface area (Å²) >= 11 is 0. The summed E-state index contributed by atoms with van der Waals surface area (Å²) < 4.78 is 5.12. The van der Waals surface area contributed by atoms with Crippen LogP contribution in [0.5, 0.6) is 0 Å². The molecule has 16 heavy (non-hydrogen) atoms. The fourth-order valence-corrected chi connectivity index (χ4v) is 2.43. The van der Waals surface area contributed by atoms with Crippen LogP contribution in [-0.4, -0.2) is 36.6 Å². The van der Waals surface area contributed by atoms with Crippen LogP contribution in [0.4, 0.5) is 0 Å². The van der Waals surface area contributed by atoms with E-state index in [9.17, 15) is 4.79 Å². The van der Waals surface area contributed by atoms with Crippen LogP contribution in [0.25, 0.3) is 0 Å². The number of hydrogen-bond donors (Lipinski definition) is 0. The average Bonchev–Trinajstić information content (AvgIpc) is 2.74. The van der Waals surface area contributed by atoms with E-state index in [0.717, 1.165) is 31.8 Å². The Balaban J connectivity index is 2.48. The molecule has 1 fully saturated rings. The third kappa shape index (κ3) is 3.48. The number of carbonyl (C=O) groups is 1. The van der Waals surface area contributed by atoms with Crippen molar-refractivity contribution in [3.8, 4) is 0 Å². The van der Waals surface area contributed by atoms with Crippen LogP contribution < -0.4 is 0 Å². The van der Waals surface area contributed by atoms with Gasteiger partial charge in [0.1, 0.15) is 6.04 Å². The van der Waals surface area contributed by atoms with E-state index in [4.69, 9.17) is 4.74 Å². The molecular formula is C13H25NO2. The number of rotatable bonds is 6. The van der Waals surface area contributed by atoms with Gasteiger partial charge in [0.05, 0.1) is 6.61 Å². The summed E-state index contributed by atoms with van der Waals surface area (Å²) in [6.45, 7) is 8.93. The van der Waals surface area contributed by atoms with E-state index in [2.05, 4.69) is 18.7 Å². The second-order valence-electron chi connectivity index (χ2n) is 4.59. The summed E-state index contributed by atoms with van der Waals surface area (Å²) in [5.41, 5.74) is 0. The Hall–Kier alpha value is -0.570. The molecule has 0 saturated carbocycles. The molecule has 1 aliphatic heterocycles. The standard InChI is InChI=1S/C13H25NO2/c1-4-11(5-2)10-14-9-7-8-12(14)13(15)16-6-3/h11-12H,4-10H2,1-3H3. The molecule has 1 atom stereocenters. The highest BCUT2D eigenvalue weighted by molar-refractivity contribution is 5.76. The first kappa shape index (κ1) is 13.5. The Morgan fingerprint density at radius 2 is 2.06 bits per heavy atom. The van der Waals surface area contributed by atoms with Gasteiger partial charge in [-0.2, -0.15) is 0 Å². The van der Waals surface area contributed by atoms with Crippen molar-refractivity contribution in [1.82, 2.24) is 4.90 Å². The SMILES string of the molecule is CCOC(=O)C1CCCN1CC(CC)CC. The third-order valence-electron chi connectivity index (χ3n) is 3.57. The number of esters is 1. The summed E-state index contributed by atoms with van der Waals surface area (Å²) in [5.74, 6) is 0.695. The van der Waals surface area contributed by atoms with E-state index >= 15 is 0 Å². The molecule has 94 valence electrons. The van der Waals surface area contributed by atoms with Crippen molar-refractivity contribution in [1.29, 1.82) is 0 Å². The van der Waals surface area contributed by atoms with Gasteiger partial charge in [0.25, 0.3) is 0 Å². The molecule has 0 aliphatic carbocycles. The lowest BCUT2D eigenvalue weighted by Gasteiger charge is -2.26. The molecule has 0 N–H and O–H groups in total. The van der Waals surface area contributed by atoms with Gasteiger partial charge in [-0.3, -0.25) is 9.69 Å². The molecule has 3 nitrogen and oxygen atoms in total. The molecule has 0 spiro atoms. The van der Waals surface area contributed by atoms with Crippen molar-refractivity contribution in [3.05, 3.63) is 0 Å². The normalized spacial score (nSPS) is 21.6. The van der Waals surface area contributed by atoms with E-state index in [1.165, 1.54) is 12.8 Å². The zero-order chi connectivity index (χ0) is 12.0. The highest BCUT2D eigenvalue weighted by atomic mass is 16.5. The van der Waals surface area contributed by atoms with Crippen LogP contribution in [0, 0.1) is 5.92 Å². The van der Waals surface area contributed by atoms with Crippen LogP contribution in [0.3, 0.4) is 0 Å². The molecule has 3 heteroatoms. The molecule has 0 radical (unpaired) electrons. The van der Waals surface area contributed by atoms with E-state index in [1.54, 1.807) is 0 Å². The molecular weight excluding hydrogens is 202 g/mol. The molecule has 1 saturated heterocycles. The summed E-state index contributed by atoms with van der Waals surface area (Å²) in [5, 5.41) is 0. The van der Waals surface area contributed by atoms with E-state index in [-0.39, 0.29) is 12.0 Å². The van der Waals surface area contributed by atoms with Crippen molar-refractivity contribution in [3.63, 3.8) is 0 Å². The minimum Gasteiger partial charge on any atom is -0.465 e. The van der Waals surface area contributed by atoms with E-state index in [0.29, 0.717) is 6.61 Å². The number of nitrogens with zero attached hydrogens (tertiary/aromatic N) is 1. The van der Waals surface area contributed by atoms with Gasteiger partial charge in [-0.15, -0.1) is 0 Å². The van der Waals surface area contributed by atoms with Gasteiger partial charge in [0, 0.05) is 6.54 Å². The van der Waals surface area contributed by atoms with Gasteiger partial charge in [-0.05, 0) is 32.2 Å². The molecule has 0 amide bonds. The maximum absolute atomic E-state index is 11.7. The van der Waals surface area contributed by atoms with Crippen molar-refractivity contribution in [2.24, 2.45) is 5.92 Å². The maximum atomic E-state index is 11.7. The lowest BCUT2D eigenvalue weighted by atomic mass is 10.0. The van der Waals surface area contributed by atoms with Gasteiger partial charge >= 0.3 is 5.97 Å². The molecule has 1 heterocycles. The minimum absolute atomic E-state index is 0.0223. The fourth-order valence-electron chi connectivity index (χ4n) is 2.43. The van der Waals surface area contributed by atoms with E-state index < -0.39 is 0 Å². The van der Waals surface area contributed by atoms with E-state index in [1.807, 2.05) is 6.92 Å². The fraction of sp³-hybridized carbons (Fsp3) is 0.923. The van der Waals surface area contributed by atoms with Gasteiger partial charge in [0.15, 0.2) is 0 Å². The Bertz CT molecular complexity index is 214. The Kier molecular flexibility index (Phi) is 5.81. The van der Waals surface area contributed by atoms with Crippen LogP contribution in [-0.2, 0) is 9.53 Å². The van der Waals surface area contributed by atoms with Gasteiger partial charge < -0.3 is 4.74 Å². The summed E-state index contributed by atoms with van der Waals surface area (Å²) in [7, 11) is 0. The molecule has 1 aliphatic rings. The predicted octanol–water partition coefficient (Wildman–Crippen LogP) is 2.45. The quantitative estimate of drug-likeness (QED) is 0.653. The first-order chi connectivity index (χ1) is 7.72. The van der Waals surface area contributed by atoms with Crippen molar-refractivity contribution >= 4 is 5.97 Å². The number of hydrogen-bond acceptors (Lipinski definition) is 3. The highest BCUT2D eigenvalue weighted by Gasteiger charge is 2.32. The summed E-state index contributed by atoms with van der Waals surface area (Å²) in [6.07, 6.45) is 4.49. The largest absolute Gasteiger partial charge is 0.465 e. The predicted molar refractivity (Wildman–Crippen MR) is 65.3 cm³/mol. The van der Waals surface area contributed by atoms with Crippen LogP contribution in [0.15, 0.2) is 0 Å². The second kappa shape index (κ2) is 6.89. The molecule has 0 aromatic carbocycles. The van der Waals surface area contributed by atoms with Crippen LogP contribution in [0.2, 0.25) is 0 Å². The number of likely N-dealkylation sites (tertiary alicyclic amines) is 1. The monoisotopic (exact) mass is 227 g/mol. The van der Waals surface area contributed by atoms with Gasteiger partial charge in [0.2, 0.25) is 0 Å². The molecule has 0 aromatic rings. The first-order valence-corrected chi connectivity index (χ1v) is 6.63. The zero-order valence-electron chi connectivity index (χ0n) is 10.9. The van der Waals surface area contributed by atoms with Gasteiger partial charge in [-0.25, -0.2) is 0 Å². The smallest absolute Gasteiger partial charge is 0.323 e. The minimum atomic E-state index is -0.0223. The first-order valence-electron chi connectivity index (χ1n) is 6.63. The zero-order valence-corrected chi connectivity index (χ0v) is 10.9. The molecule has 1 rings (SSSR count). The lowest BCUT2D eigenvalue weighted by molar-refractivity contribution is -0.148. The molecule has 0 aromatic heterocycles. The summed E-state index contributed by atoms with van der Waals surface area (Å²) in [6, 6.07) is 0.0283. The summed E-state index contributed by atoms with van der Waals surface area (Å²) in [4.78, 5) is 14.1. The van der Waals surface area contributed by atoms with Crippen molar-refractivity contribution in [2.75, 3.05) is 19.7 Å². The third-order valence-corrected chi connectivity index (χ3v) is 3.57. The van der Waals surface area contributed by atoms with Crippen molar-refractivity contribution in [2.45, 2.75) is 52.5 Å². The van der Waals surface area contributed by atoms with Crippen LogP contribution in [0.1, 0.15) is 46.5 Å². The highest BCUT2D eigenvalue weighted by Crippen LogP contribution is 2.21. The molecule has 0 bridgehead atoms.